The number of carbonyl (C=O) groups is 1. The Bertz CT molecular complexity index is 515. The van der Waals surface area contributed by atoms with E-state index in [2.05, 4.69) is 10.1 Å². The van der Waals surface area contributed by atoms with Gasteiger partial charge in [-0.2, -0.15) is 5.10 Å². The number of fused-ring (bicyclic) bond motifs is 1. The first-order valence-electron chi connectivity index (χ1n) is 4.22. The number of nitrogens with zero attached hydrogens (tertiary/aromatic N) is 3. The summed E-state index contributed by atoms with van der Waals surface area (Å²) in [5.74, 6) is -0.490. The Morgan fingerprint density at radius 2 is 2.21 bits per heavy atom. The van der Waals surface area contributed by atoms with E-state index in [0.717, 1.165) is 5.69 Å². The highest BCUT2D eigenvalue weighted by Crippen LogP contribution is 2.12. The van der Waals surface area contributed by atoms with Gasteiger partial charge in [0.15, 0.2) is 5.65 Å². The van der Waals surface area contributed by atoms with E-state index < -0.39 is 5.91 Å². The second-order valence-corrected chi connectivity index (χ2v) is 3.16. The highest BCUT2D eigenvalue weighted by Gasteiger charge is 2.15. The van der Waals surface area contributed by atoms with Gasteiger partial charge in [0.25, 0.3) is 5.91 Å². The van der Waals surface area contributed by atoms with Crippen molar-refractivity contribution in [1.82, 2.24) is 14.6 Å². The summed E-state index contributed by atoms with van der Waals surface area (Å²) in [5.41, 5.74) is 7.60. The standard InChI is InChI=1S/C9H10N4O/c1-5-3-4-13-9(11-5)7(8(10)14)6(2)12-13/h3-4H,1-2H3,(H2,10,14). The monoisotopic (exact) mass is 190 g/mol. The predicted molar refractivity (Wildman–Crippen MR) is 51.0 cm³/mol. The number of primary amides is 1. The van der Waals surface area contributed by atoms with E-state index in [1.807, 2.05) is 13.0 Å². The Morgan fingerprint density at radius 3 is 2.86 bits per heavy atom. The molecule has 5 nitrogen and oxygen atoms in total. The summed E-state index contributed by atoms with van der Waals surface area (Å²) in [4.78, 5) is 15.4. The lowest BCUT2D eigenvalue weighted by Gasteiger charge is -1.95. The van der Waals surface area contributed by atoms with Crippen molar-refractivity contribution in [2.45, 2.75) is 13.8 Å². The maximum absolute atomic E-state index is 11.1. The number of hydrogen-bond acceptors (Lipinski definition) is 3. The zero-order chi connectivity index (χ0) is 10.3. The number of rotatable bonds is 1. The number of nitrogens with two attached hydrogens (primary N) is 1. The molecule has 0 fully saturated rings. The summed E-state index contributed by atoms with van der Waals surface area (Å²) >= 11 is 0. The Kier molecular flexibility index (Phi) is 1.73. The molecule has 2 heterocycles. The van der Waals surface area contributed by atoms with Crippen molar-refractivity contribution in [3.63, 3.8) is 0 Å². The second-order valence-electron chi connectivity index (χ2n) is 3.16. The summed E-state index contributed by atoms with van der Waals surface area (Å²) in [6, 6.07) is 1.82. The van der Waals surface area contributed by atoms with Gasteiger partial charge in [-0.3, -0.25) is 4.79 Å². The van der Waals surface area contributed by atoms with Crippen LogP contribution in [0, 0.1) is 13.8 Å². The third kappa shape index (κ3) is 1.14. The Hall–Kier alpha value is -1.91. The molecule has 2 rings (SSSR count). The number of hydrogen-bond donors (Lipinski definition) is 1. The molecule has 72 valence electrons. The molecule has 0 aliphatic rings. The van der Waals surface area contributed by atoms with E-state index in [1.54, 1.807) is 17.6 Å². The van der Waals surface area contributed by atoms with Crippen molar-refractivity contribution in [1.29, 1.82) is 0 Å². The molecule has 0 aliphatic heterocycles. The molecule has 0 bridgehead atoms. The molecule has 2 aromatic rings. The van der Waals surface area contributed by atoms with Crippen molar-refractivity contribution in [2.24, 2.45) is 5.73 Å². The Labute approximate surface area is 80.6 Å². The van der Waals surface area contributed by atoms with Crippen LogP contribution >= 0.6 is 0 Å². The van der Waals surface area contributed by atoms with E-state index in [4.69, 9.17) is 5.73 Å². The molecule has 1 amide bonds. The zero-order valence-corrected chi connectivity index (χ0v) is 7.98. The molecule has 2 aromatic heterocycles. The zero-order valence-electron chi connectivity index (χ0n) is 7.98. The highest BCUT2D eigenvalue weighted by atomic mass is 16.1. The van der Waals surface area contributed by atoms with Gasteiger partial charge in [0, 0.05) is 11.9 Å². The number of carbonyl (C=O) groups excluding carboxylic acids is 1. The van der Waals surface area contributed by atoms with Gasteiger partial charge in [-0.15, -0.1) is 0 Å². The molecule has 0 saturated heterocycles. The van der Waals surface area contributed by atoms with Crippen LogP contribution in [0.4, 0.5) is 0 Å². The minimum Gasteiger partial charge on any atom is -0.365 e. The van der Waals surface area contributed by atoms with Crippen LogP contribution in [0.3, 0.4) is 0 Å². The van der Waals surface area contributed by atoms with Gasteiger partial charge >= 0.3 is 0 Å². The van der Waals surface area contributed by atoms with Crippen molar-refractivity contribution in [2.75, 3.05) is 0 Å². The van der Waals surface area contributed by atoms with Crippen LogP contribution < -0.4 is 5.73 Å². The largest absolute Gasteiger partial charge is 0.365 e. The van der Waals surface area contributed by atoms with Crippen LogP contribution in [-0.2, 0) is 0 Å². The average Bonchev–Trinajstić information content (AvgIpc) is 2.40. The second kappa shape index (κ2) is 2.80. The summed E-state index contributed by atoms with van der Waals surface area (Å²) in [6.07, 6.45) is 1.76. The molecular formula is C9H10N4O. The molecule has 14 heavy (non-hydrogen) atoms. The van der Waals surface area contributed by atoms with Gasteiger partial charge < -0.3 is 5.73 Å². The van der Waals surface area contributed by atoms with Crippen molar-refractivity contribution >= 4 is 11.6 Å². The Balaban J connectivity index is 2.86. The summed E-state index contributed by atoms with van der Waals surface area (Å²) < 4.78 is 1.56. The lowest BCUT2D eigenvalue weighted by Crippen LogP contribution is -2.12. The molecule has 0 aliphatic carbocycles. The molecule has 5 heteroatoms. The lowest BCUT2D eigenvalue weighted by molar-refractivity contribution is 0.100. The van der Waals surface area contributed by atoms with Crippen LogP contribution in [0.25, 0.3) is 5.65 Å². The maximum atomic E-state index is 11.1. The highest BCUT2D eigenvalue weighted by molar-refractivity contribution is 5.99. The first kappa shape index (κ1) is 8.68. The smallest absolute Gasteiger partial charge is 0.254 e. The minimum atomic E-state index is -0.490. The first-order valence-corrected chi connectivity index (χ1v) is 4.22. The van der Waals surface area contributed by atoms with E-state index >= 15 is 0 Å². The summed E-state index contributed by atoms with van der Waals surface area (Å²) in [6.45, 7) is 3.59. The van der Waals surface area contributed by atoms with Crippen LogP contribution in [0.1, 0.15) is 21.7 Å². The van der Waals surface area contributed by atoms with Gasteiger partial charge in [0.2, 0.25) is 0 Å². The van der Waals surface area contributed by atoms with E-state index in [1.165, 1.54) is 0 Å². The quantitative estimate of drug-likeness (QED) is 0.709. The first-order chi connectivity index (χ1) is 6.59. The molecule has 0 radical (unpaired) electrons. The number of aromatic nitrogens is 3. The van der Waals surface area contributed by atoms with E-state index in [9.17, 15) is 4.79 Å². The fraction of sp³-hybridized carbons (Fsp3) is 0.222. The topological polar surface area (TPSA) is 73.3 Å². The van der Waals surface area contributed by atoms with E-state index in [-0.39, 0.29) is 0 Å². The molecule has 2 N–H and O–H groups in total. The third-order valence-electron chi connectivity index (χ3n) is 2.05. The summed E-state index contributed by atoms with van der Waals surface area (Å²) in [5, 5.41) is 4.13. The minimum absolute atomic E-state index is 0.397. The van der Waals surface area contributed by atoms with Crippen LogP contribution in [0.5, 0.6) is 0 Å². The molecule has 0 saturated carbocycles. The Morgan fingerprint density at radius 1 is 1.50 bits per heavy atom. The average molecular weight is 190 g/mol. The van der Waals surface area contributed by atoms with Crippen LogP contribution in [-0.4, -0.2) is 20.5 Å². The number of amides is 1. The van der Waals surface area contributed by atoms with Gasteiger partial charge in [-0.05, 0) is 19.9 Å². The van der Waals surface area contributed by atoms with Crippen molar-refractivity contribution < 1.29 is 4.79 Å². The SMILES string of the molecule is Cc1ccn2nc(C)c(C(N)=O)c2n1. The van der Waals surface area contributed by atoms with Crippen LogP contribution in [0.2, 0.25) is 0 Å². The van der Waals surface area contributed by atoms with Crippen molar-refractivity contribution in [3.05, 3.63) is 29.2 Å². The maximum Gasteiger partial charge on any atom is 0.254 e. The number of aryl methyl sites for hydroxylation is 2. The normalized spacial score (nSPS) is 10.7. The van der Waals surface area contributed by atoms with Gasteiger partial charge in [0.1, 0.15) is 5.56 Å². The molecule has 0 unspecified atom stereocenters. The molecule has 0 spiro atoms. The van der Waals surface area contributed by atoms with Crippen molar-refractivity contribution in [3.8, 4) is 0 Å². The molecular weight excluding hydrogens is 180 g/mol. The third-order valence-corrected chi connectivity index (χ3v) is 2.05. The predicted octanol–water partition coefficient (Wildman–Crippen LogP) is 0.445. The fourth-order valence-corrected chi connectivity index (χ4v) is 1.42. The van der Waals surface area contributed by atoms with Gasteiger partial charge in [-0.1, -0.05) is 0 Å². The summed E-state index contributed by atoms with van der Waals surface area (Å²) in [7, 11) is 0. The van der Waals surface area contributed by atoms with Gasteiger partial charge in [-0.25, -0.2) is 9.50 Å². The van der Waals surface area contributed by atoms with E-state index in [0.29, 0.717) is 16.9 Å². The molecule has 0 aromatic carbocycles. The fourth-order valence-electron chi connectivity index (χ4n) is 1.42. The molecule has 0 atom stereocenters. The lowest BCUT2D eigenvalue weighted by atomic mass is 10.2. The van der Waals surface area contributed by atoms with Crippen LogP contribution in [0.15, 0.2) is 12.3 Å². The van der Waals surface area contributed by atoms with Gasteiger partial charge in [0.05, 0.1) is 5.69 Å².